The van der Waals surface area contributed by atoms with Gasteiger partial charge in [0.15, 0.2) is 11.5 Å². The summed E-state index contributed by atoms with van der Waals surface area (Å²) in [5.74, 6) is 1.17. The Morgan fingerprint density at radius 1 is 1.07 bits per heavy atom. The molecular weight excluding hydrogens is 364 g/mol. The first-order chi connectivity index (χ1) is 13.6. The van der Waals surface area contributed by atoms with Crippen LogP contribution in [0.4, 0.5) is 0 Å². The highest BCUT2D eigenvalue weighted by Gasteiger charge is 2.24. The Morgan fingerprint density at radius 2 is 1.79 bits per heavy atom. The lowest BCUT2D eigenvalue weighted by Gasteiger charge is -2.32. The van der Waals surface area contributed by atoms with Crippen LogP contribution in [0.3, 0.4) is 0 Å². The van der Waals surface area contributed by atoms with E-state index < -0.39 is 0 Å². The summed E-state index contributed by atoms with van der Waals surface area (Å²) in [6.45, 7) is 2.19. The molecule has 0 atom stereocenters. The lowest BCUT2D eigenvalue weighted by molar-refractivity contribution is -0.137. The van der Waals surface area contributed by atoms with Crippen LogP contribution < -0.4 is 14.8 Å². The predicted molar refractivity (Wildman–Crippen MR) is 104 cm³/mol. The predicted octanol–water partition coefficient (Wildman–Crippen LogP) is 1.02. The summed E-state index contributed by atoms with van der Waals surface area (Å²) in [5, 5.41) is 3.06. The average molecular weight is 394 g/mol. The molecule has 1 aromatic rings. The third-order valence-electron chi connectivity index (χ3n) is 4.68. The molecule has 1 fully saturated rings. The van der Waals surface area contributed by atoms with Crippen molar-refractivity contribution in [3.63, 3.8) is 0 Å². The summed E-state index contributed by atoms with van der Waals surface area (Å²) in [7, 11) is 4.74. The van der Waals surface area contributed by atoms with E-state index in [1.807, 2.05) is 12.1 Å². The highest BCUT2D eigenvalue weighted by Crippen LogP contribution is 2.27. The fraction of sp³-hybridized carbons (Fsp3) is 0.600. The largest absolute Gasteiger partial charge is 0.493 e. The fourth-order valence-corrected chi connectivity index (χ4v) is 3.12. The Bertz CT molecular complexity index is 644. The first-order valence-electron chi connectivity index (χ1n) is 9.42. The second-order valence-corrected chi connectivity index (χ2v) is 6.63. The van der Waals surface area contributed by atoms with Crippen molar-refractivity contribution in [1.29, 1.82) is 0 Å². The van der Waals surface area contributed by atoms with Gasteiger partial charge < -0.3 is 29.2 Å². The van der Waals surface area contributed by atoms with Crippen LogP contribution in [0.2, 0.25) is 0 Å². The molecule has 1 aliphatic heterocycles. The zero-order valence-corrected chi connectivity index (χ0v) is 16.9. The molecule has 2 amide bonds. The number of ether oxygens (including phenoxy) is 4. The van der Waals surface area contributed by atoms with Crippen LogP contribution in [0.1, 0.15) is 18.4 Å². The number of likely N-dealkylation sites (tertiary alicyclic amines) is 1. The van der Waals surface area contributed by atoms with Crippen molar-refractivity contribution in [1.82, 2.24) is 10.2 Å². The molecule has 0 unspecified atom stereocenters. The van der Waals surface area contributed by atoms with Crippen LogP contribution in [0.25, 0.3) is 0 Å². The number of nitrogens with one attached hydrogen (secondary N) is 1. The van der Waals surface area contributed by atoms with Gasteiger partial charge in [-0.2, -0.15) is 0 Å². The molecule has 1 N–H and O–H groups in total. The minimum absolute atomic E-state index is 0.0220. The van der Waals surface area contributed by atoms with Crippen LogP contribution in [-0.4, -0.2) is 77.0 Å². The van der Waals surface area contributed by atoms with E-state index in [0.29, 0.717) is 37.8 Å². The van der Waals surface area contributed by atoms with E-state index in [1.54, 1.807) is 32.3 Å². The molecule has 8 nitrogen and oxygen atoms in total. The molecule has 1 aromatic carbocycles. The number of hydrogen-bond acceptors (Lipinski definition) is 6. The van der Waals surface area contributed by atoms with Crippen molar-refractivity contribution < 1.29 is 28.5 Å². The van der Waals surface area contributed by atoms with Gasteiger partial charge in [0, 0.05) is 26.2 Å². The molecule has 0 aliphatic carbocycles. The summed E-state index contributed by atoms with van der Waals surface area (Å²) in [6, 6.07) is 5.53. The first kappa shape index (κ1) is 22.0. The molecular formula is C20H30N2O6. The van der Waals surface area contributed by atoms with Crippen LogP contribution in [-0.2, 0) is 25.5 Å². The van der Waals surface area contributed by atoms with Gasteiger partial charge in [-0.3, -0.25) is 9.59 Å². The minimum atomic E-state index is -0.0418. The molecule has 28 heavy (non-hydrogen) atoms. The van der Waals surface area contributed by atoms with E-state index in [-0.39, 0.29) is 30.9 Å². The lowest BCUT2D eigenvalue weighted by Crippen LogP contribution is -2.47. The van der Waals surface area contributed by atoms with E-state index >= 15 is 0 Å². The van der Waals surface area contributed by atoms with Crippen molar-refractivity contribution in [2.24, 2.45) is 0 Å². The van der Waals surface area contributed by atoms with Gasteiger partial charge in [0.05, 0.1) is 33.9 Å². The fourth-order valence-electron chi connectivity index (χ4n) is 3.12. The monoisotopic (exact) mass is 394 g/mol. The van der Waals surface area contributed by atoms with Gasteiger partial charge in [0.1, 0.15) is 6.61 Å². The lowest BCUT2D eigenvalue weighted by atomic mass is 10.0. The molecule has 0 aromatic heterocycles. The van der Waals surface area contributed by atoms with Gasteiger partial charge in [-0.15, -0.1) is 0 Å². The molecule has 0 spiro atoms. The number of carbonyl (C=O) groups is 2. The van der Waals surface area contributed by atoms with Crippen LogP contribution in [0.5, 0.6) is 11.5 Å². The van der Waals surface area contributed by atoms with Crippen molar-refractivity contribution in [2.75, 3.05) is 54.2 Å². The molecule has 0 radical (unpaired) electrons. The molecule has 1 saturated heterocycles. The molecule has 1 aliphatic rings. The highest BCUT2D eigenvalue weighted by molar-refractivity contribution is 5.79. The van der Waals surface area contributed by atoms with E-state index in [4.69, 9.17) is 18.9 Å². The van der Waals surface area contributed by atoms with E-state index in [0.717, 1.165) is 18.4 Å². The van der Waals surface area contributed by atoms with Gasteiger partial charge in [-0.25, -0.2) is 0 Å². The summed E-state index contributed by atoms with van der Waals surface area (Å²) in [6.07, 6.45) is 1.75. The SMILES string of the molecule is COCCOCC(=O)N1CCC(NC(=O)Cc2ccc(OC)c(OC)c2)CC1. The van der Waals surface area contributed by atoms with E-state index in [9.17, 15) is 9.59 Å². The second kappa shape index (κ2) is 11.5. The molecule has 2 rings (SSSR count). The number of benzene rings is 1. The van der Waals surface area contributed by atoms with Gasteiger partial charge >= 0.3 is 0 Å². The third kappa shape index (κ3) is 6.69. The molecule has 156 valence electrons. The Morgan fingerprint density at radius 3 is 2.43 bits per heavy atom. The quantitative estimate of drug-likeness (QED) is 0.596. The van der Waals surface area contributed by atoms with Crippen LogP contribution in [0.15, 0.2) is 18.2 Å². The zero-order chi connectivity index (χ0) is 20.4. The average Bonchev–Trinajstić information content (AvgIpc) is 2.71. The van der Waals surface area contributed by atoms with Gasteiger partial charge in [0.25, 0.3) is 0 Å². The van der Waals surface area contributed by atoms with Crippen LogP contribution in [0, 0.1) is 0 Å². The highest BCUT2D eigenvalue weighted by atomic mass is 16.5. The summed E-state index contributed by atoms with van der Waals surface area (Å²) < 4.78 is 20.6. The van der Waals surface area contributed by atoms with E-state index in [1.165, 1.54) is 0 Å². The van der Waals surface area contributed by atoms with Crippen molar-refractivity contribution in [3.8, 4) is 11.5 Å². The number of methoxy groups -OCH3 is 3. The smallest absolute Gasteiger partial charge is 0.248 e. The molecule has 8 heteroatoms. The standard InChI is InChI=1S/C20H30N2O6/c1-25-10-11-28-14-20(24)22-8-6-16(7-9-22)21-19(23)13-15-4-5-17(26-2)18(12-15)27-3/h4-5,12,16H,6-11,13-14H2,1-3H3,(H,21,23). The molecule has 1 heterocycles. The summed E-state index contributed by atoms with van der Waals surface area (Å²) in [5.41, 5.74) is 0.857. The Hall–Kier alpha value is -2.32. The molecule has 0 bridgehead atoms. The number of carbonyl (C=O) groups excluding carboxylic acids is 2. The number of nitrogens with zero attached hydrogens (tertiary/aromatic N) is 1. The molecule has 0 saturated carbocycles. The van der Waals surface area contributed by atoms with Crippen molar-refractivity contribution in [3.05, 3.63) is 23.8 Å². The third-order valence-corrected chi connectivity index (χ3v) is 4.68. The summed E-state index contributed by atoms with van der Waals surface area (Å²) >= 11 is 0. The summed E-state index contributed by atoms with van der Waals surface area (Å²) in [4.78, 5) is 26.2. The Labute approximate surface area is 166 Å². The van der Waals surface area contributed by atoms with Gasteiger partial charge in [-0.1, -0.05) is 6.07 Å². The minimum Gasteiger partial charge on any atom is -0.493 e. The normalized spacial score (nSPS) is 14.6. The maximum atomic E-state index is 12.4. The maximum Gasteiger partial charge on any atom is 0.248 e. The maximum absolute atomic E-state index is 12.4. The van der Waals surface area contributed by atoms with Gasteiger partial charge in [-0.05, 0) is 30.5 Å². The Balaban J connectivity index is 1.74. The topological polar surface area (TPSA) is 86.3 Å². The van der Waals surface area contributed by atoms with E-state index in [2.05, 4.69) is 5.32 Å². The van der Waals surface area contributed by atoms with Crippen molar-refractivity contribution >= 4 is 11.8 Å². The van der Waals surface area contributed by atoms with Crippen molar-refractivity contribution in [2.45, 2.75) is 25.3 Å². The number of amides is 2. The van der Waals surface area contributed by atoms with Crippen LogP contribution >= 0.6 is 0 Å². The first-order valence-corrected chi connectivity index (χ1v) is 9.42. The Kier molecular flexibility index (Phi) is 9.03. The second-order valence-electron chi connectivity index (χ2n) is 6.63. The number of hydrogen-bond donors (Lipinski definition) is 1. The number of rotatable bonds is 10. The number of piperidine rings is 1. The van der Waals surface area contributed by atoms with Gasteiger partial charge in [0.2, 0.25) is 11.8 Å². The zero-order valence-electron chi connectivity index (χ0n) is 16.9.